The second-order valence-electron chi connectivity index (χ2n) is 9.37. The van der Waals surface area contributed by atoms with Gasteiger partial charge in [-0.3, -0.25) is 4.79 Å². The quantitative estimate of drug-likeness (QED) is 0.794. The van der Waals surface area contributed by atoms with Gasteiger partial charge >= 0.3 is 5.97 Å². The molecule has 2 fully saturated rings. The van der Waals surface area contributed by atoms with E-state index in [0.29, 0.717) is 35.8 Å². The number of pyridine rings is 1. The Morgan fingerprint density at radius 1 is 1.40 bits per heavy atom. The standard InChI is InChI=1S/C22H27F2N3O3/c1-10(2)14-8-26(9-22(14,4)25)19-11(3)18-12(5-16(19)24)20(28)13(21(29)30)7-27(18)17-6-15(17)23/h5,7,10,14-15,17H,6,8-9,25H2,1-4H3,(H,29,30)/t14?,15-,17?,22?/m0/s1. The van der Waals surface area contributed by atoms with Crippen LogP contribution in [0.15, 0.2) is 17.1 Å². The normalized spacial score (nSPS) is 28.5. The van der Waals surface area contributed by atoms with Gasteiger partial charge in [-0.1, -0.05) is 13.8 Å². The third-order valence-electron chi connectivity index (χ3n) is 6.66. The number of nitrogens with two attached hydrogens (primary N) is 1. The number of anilines is 1. The highest BCUT2D eigenvalue weighted by Crippen LogP contribution is 2.43. The molecule has 2 aliphatic rings. The third-order valence-corrected chi connectivity index (χ3v) is 6.66. The maximum Gasteiger partial charge on any atom is 0.341 e. The van der Waals surface area contributed by atoms with E-state index in [0.717, 1.165) is 6.07 Å². The molecule has 6 nitrogen and oxygen atoms in total. The first-order chi connectivity index (χ1) is 13.9. The van der Waals surface area contributed by atoms with Gasteiger partial charge in [-0.15, -0.1) is 0 Å². The lowest BCUT2D eigenvalue weighted by atomic mass is 9.82. The van der Waals surface area contributed by atoms with Gasteiger partial charge in [0.1, 0.15) is 17.6 Å². The molecule has 0 radical (unpaired) electrons. The van der Waals surface area contributed by atoms with Crippen LogP contribution in [0, 0.1) is 24.6 Å². The van der Waals surface area contributed by atoms with Crippen molar-refractivity contribution in [3.05, 3.63) is 39.4 Å². The molecular weight excluding hydrogens is 392 g/mol. The van der Waals surface area contributed by atoms with Gasteiger partial charge < -0.3 is 20.3 Å². The van der Waals surface area contributed by atoms with Gasteiger partial charge in [0.25, 0.3) is 0 Å². The fourth-order valence-corrected chi connectivity index (χ4v) is 5.09. The second-order valence-corrected chi connectivity index (χ2v) is 9.37. The Kier molecular flexibility index (Phi) is 4.69. The fraction of sp³-hybridized carbons (Fsp3) is 0.545. The molecule has 1 aliphatic heterocycles. The maximum atomic E-state index is 15.3. The zero-order chi connectivity index (χ0) is 22.1. The zero-order valence-electron chi connectivity index (χ0n) is 17.6. The van der Waals surface area contributed by atoms with E-state index in [-0.39, 0.29) is 17.7 Å². The molecule has 1 aliphatic carbocycles. The number of hydrogen-bond donors (Lipinski definition) is 2. The van der Waals surface area contributed by atoms with E-state index in [2.05, 4.69) is 13.8 Å². The number of fused-ring (bicyclic) bond motifs is 1. The van der Waals surface area contributed by atoms with Crippen molar-refractivity contribution in [2.75, 3.05) is 18.0 Å². The van der Waals surface area contributed by atoms with Gasteiger partial charge in [0, 0.05) is 36.6 Å². The number of nitrogens with zero attached hydrogens (tertiary/aromatic N) is 2. The first kappa shape index (κ1) is 20.8. The SMILES string of the molecule is Cc1c(N2CC(C(C)C)C(C)(N)C2)c(F)cc2c(=O)c(C(=O)O)cn(C3C[C@@H]3F)c12. The molecule has 3 unspecified atom stereocenters. The highest BCUT2D eigenvalue weighted by atomic mass is 19.1. The number of benzene rings is 1. The number of hydrogen-bond acceptors (Lipinski definition) is 4. The molecule has 0 spiro atoms. The Morgan fingerprint density at radius 3 is 2.53 bits per heavy atom. The van der Waals surface area contributed by atoms with E-state index in [1.54, 1.807) is 6.92 Å². The average Bonchev–Trinajstić information content (AvgIpc) is 3.26. The number of carbonyl (C=O) groups is 1. The molecule has 3 N–H and O–H groups in total. The van der Waals surface area contributed by atoms with Gasteiger partial charge in [0.05, 0.1) is 17.2 Å². The van der Waals surface area contributed by atoms with E-state index in [1.807, 2.05) is 11.8 Å². The highest BCUT2D eigenvalue weighted by Gasteiger charge is 2.44. The topological polar surface area (TPSA) is 88.6 Å². The largest absolute Gasteiger partial charge is 0.477 e. The Bertz CT molecular complexity index is 1110. The predicted octanol–water partition coefficient (Wildman–Crippen LogP) is 3.24. The van der Waals surface area contributed by atoms with Crippen LogP contribution in [0.1, 0.15) is 49.2 Å². The molecule has 2 heterocycles. The van der Waals surface area contributed by atoms with Gasteiger partial charge in [0.15, 0.2) is 0 Å². The molecule has 0 bridgehead atoms. The van der Waals surface area contributed by atoms with Gasteiger partial charge in [-0.05, 0) is 37.3 Å². The Balaban J connectivity index is 1.95. The first-order valence-corrected chi connectivity index (χ1v) is 10.2. The molecule has 0 amide bonds. The van der Waals surface area contributed by atoms with Crippen LogP contribution in [0.3, 0.4) is 0 Å². The molecule has 30 heavy (non-hydrogen) atoms. The van der Waals surface area contributed by atoms with Crippen molar-refractivity contribution in [2.24, 2.45) is 17.6 Å². The third kappa shape index (κ3) is 3.09. The molecule has 2 aromatic rings. The summed E-state index contributed by atoms with van der Waals surface area (Å²) in [6, 6.07) is 0.541. The molecule has 4 rings (SSSR count). The van der Waals surface area contributed by atoms with Crippen molar-refractivity contribution in [2.45, 2.75) is 51.9 Å². The minimum Gasteiger partial charge on any atom is -0.477 e. The molecule has 1 aromatic carbocycles. The number of carboxylic acids is 1. The fourth-order valence-electron chi connectivity index (χ4n) is 5.09. The van der Waals surface area contributed by atoms with Crippen molar-refractivity contribution in [3.63, 3.8) is 0 Å². The summed E-state index contributed by atoms with van der Waals surface area (Å²) in [5.41, 5.74) is 5.99. The van der Waals surface area contributed by atoms with Crippen LogP contribution in [0.2, 0.25) is 0 Å². The van der Waals surface area contributed by atoms with Crippen molar-refractivity contribution in [1.82, 2.24) is 4.57 Å². The Hall–Kier alpha value is -2.48. The number of carboxylic acid groups (broad SMARTS) is 1. The number of aryl methyl sites for hydroxylation is 1. The van der Waals surface area contributed by atoms with Crippen LogP contribution in [0.5, 0.6) is 0 Å². The lowest BCUT2D eigenvalue weighted by Crippen LogP contribution is -2.46. The summed E-state index contributed by atoms with van der Waals surface area (Å²) in [6.45, 7) is 8.85. The van der Waals surface area contributed by atoms with Crippen LogP contribution in [-0.4, -0.2) is 40.4 Å². The van der Waals surface area contributed by atoms with E-state index in [4.69, 9.17) is 5.73 Å². The molecular formula is C22H27F2N3O3. The van der Waals surface area contributed by atoms with Crippen molar-refractivity contribution in [3.8, 4) is 0 Å². The summed E-state index contributed by atoms with van der Waals surface area (Å²) in [5.74, 6) is -1.54. The van der Waals surface area contributed by atoms with Crippen LogP contribution in [0.4, 0.5) is 14.5 Å². The lowest BCUT2D eigenvalue weighted by Gasteiger charge is -2.28. The van der Waals surface area contributed by atoms with E-state index in [1.165, 1.54) is 10.8 Å². The molecule has 8 heteroatoms. The summed E-state index contributed by atoms with van der Waals surface area (Å²) in [7, 11) is 0. The number of rotatable bonds is 4. The Labute approximate surface area is 173 Å². The first-order valence-electron chi connectivity index (χ1n) is 10.2. The number of aromatic nitrogens is 1. The van der Waals surface area contributed by atoms with Crippen molar-refractivity contribution >= 4 is 22.6 Å². The monoisotopic (exact) mass is 419 g/mol. The van der Waals surface area contributed by atoms with Gasteiger partial charge in [-0.25, -0.2) is 13.6 Å². The molecule has 4 atom stereocenters. The Morgan fingerprint density at radius 2 is 2.03 bits per heavy atom. The molecule has 1 saturated carbocycles. The number of alkyl halides is 1. The summed E-state index contributed by atoms with van der Waals surface area (Å²) in [6.07, 6.45) is 0.318. The smallest absolute Gasteiger partial charge is 0.341 e. The maximum absolute atomic E-state index is 15.3. The summed E-state index contributed by atoms with van der Waals surface area (Å²) >= 11 is 0. The predicted molar refractivity (Wildman–Crippen MR) is 112 cm³/mol. The summed E-state index contributed by atoms with van der Waals surface area (Å²) < 4.78 is 30.7. The summed E-state index contributed by atoms with van der Waals surface area (Å²) in [5, 5.41) is 9.36. The zero-order valence-corrected chi connectivity index (χ0v) is 17.6. The molecule has 1 saturated heterocycles. The van der Waals surface area contributed by atoms with Crippen LogP contribution in [0.25, 0.3) is 10.9 Å². The summed E-state index contributed by atoms with van der Waals surface area (Å²) in [4.78, 5) is 26.2. The lowest BCUT2D eigenvalue weighted by molar-refractivity contribution is 0.0694. The van der Waals surface area contributed by atoms with Gasteiger partial charge in [-0.2, -0.15) is 0 Å². The van der Waals surface area contributed by atoms with E-state index < -0.39 is 40.5 Å². The minimum absolute atomic E-state index is 0.0390. The van der Waals surface area contributed by atoms with Crippen molar-refractivity contribution < 1.29 is 18.7 Å². The van der Waals surface area contributed by atoms with E-state index >= 15 is 4.39 Å². The van der Waals surface area contributed by atoms with E-state index in [9.17, 15) is 19.1 Å². The van der Waals surface area contributed by atoms with Gasteiger partial charge in [0.2, 0.25) is 5.43 Å². The van der Waals surface area contributed by atoms with Crippen LogP contribution < -0.4 is 16.1 Å². The second kappa shape index (κ2) is 6.77. The van der Waals surface area contributed by atoms with Crippen molar-refractivity contribution in [1.29, 1.82) is 0 Å². The molecule has 162 valence electrons. The highest BCUT2D eigenvalue weighted by molar-refractivity contribution is 5.95. The molecule has 1 aromatic heterocycles. The minimum atomic E-state index is -1.41. The average molecular weight is 419 g/mol. The van der Waals surface area contributed by atoms with Crippen LogP contribution in [-0.2, 0) is 0 Å². The number of halogens is 2. The number of aromatic carboxylic acids is 1. The van der Waals surface area contributed by atoms with Crippen LogP contribution >= 0.6 is 0 Å².